The minimum absolute atomic E-state index is 0.143. The molecule has 71 heavy (non-hydrogen) atoms. The van der Waals surface area contributed by atoms with Crippen LogP contribution in [0.25, 0.3) is 33.4 Å². The second kappa shape index (κ2) is 19.4. The highest BCUT2D eigenvalue weighted by molar-refractivity contribution is 5.91. The maximum Gasteiger partial charge on any atom is 0.119 e. The summed E-state index contributed by atoms with van der Waals surface area (Å²) in [6.45, 7) is 12.1. The lowest BCUT2D eigenvalue weighted by atomic mass is 9.67. The summed E-state index contributed by atoms with van der Waals surface area (Å²) in [6.07, 6.45) is 7.23. The third-order valence-electron chi connectivity index (χ3n) is 15.9. The van der Waals surface area contributed by atoms with Gasteiger partial charge in [-0.1, -0.05) is 218 Å². The average molecular weight is 924 g/mol. The summed E-state index contributed by atoms with van der Waals surface area (Å²) in [5.74, 6) is 1.41. The number of ether oxygens (including phenoxy) is 1. The summed E-state index contributed by atoms with van der Waals surface area (Å²) in [5.41, 5.74) is 22.0. The van der Waals surface area contributed by atoms with Crippen molar-refractivity contribution in [3.63, 3.8) is 0 Å². The van der Waals surface area contributed by atoms with Crippen LogP contribution in [0, 0.1) is 0 Å². The molecule has 0 heterocycles. The molecule has 2 heteroatoms. The van der Waals surface area contributed by atoms with Gasteiger partial charge in [0.25, 0.3) is 0 Å². The van der Waals surface area contributed by atoms with Gasteiger partial charge in [0.05, 0.1) is 5.41 Å². The number of hydrogen-bond acceptors (Lipinski definition) is 2. The summed E-state index contributed by atoms with van der Waals surface area (Å²) < 4.78 is 6.53. The molecule has 0 aliphatic heterocycles. The molecule has 0 amide bonds. The molecule has 0 saturated heterocycles. The number of nitrogens with zero attached hydrogens (tertiary/aromatic N) is 1. The number of aryl methyl sites for hydroxylation is 1. The minimum atomic E-state index is -0.600. The zero-order chi connectivity index (χ0) is 48.5. The maximum absolute atomic E-state index is 6.53. The van der Waals surface area contributed by atoms with Crippen LogP contribution in [0.2, 0.25) is 0 Å². The number of anilines is 3. The van der Waals surface area contributed by atoms with Crippen LogP contribution in [-0.4, -0.2) is 0 Å². The molecule has 352 valence electrons. The summed E-state index contributed by atoms with van der Waals surface area (Å²) in [5, 5.41) is 0. The van der Waals surface area contributed by atoms with Crippen LogP contribution in [0.5, 0.6) is 5.75 Å². The molecule has 0 saturated carbocycles. The molecule has 2 unspecified atom stereocenters. The van der Waals surface area contributed by atoms with Gasteiger partial charge in [-0.05, 0) is 157 Å². The first kappa shape index (κ1) is 46.0. The van der Waals surface area contributed by atoms with Crippen LogP contribution in [0.15, 0.2) is 212 Å². The SMILES string of the molecule is CCCCCCc1ccc(C2(c3ccc(OCc4ccc(C(C)CC)cc4)cc3)c3ccccc3-c3ccc(N(c4ccc(-c5ccccc5)cc4)c4ccc5c(c4)C(C)(C)c4ccccc4-5)cc32)cc1. The van der Waals surface area contributed by atoms with Gasteiger partial charge in [-0.2, -0.15) is 0 Å². The van der Waals surface area contributed by atoms with Crippen LogP contribution >= 0.6 is 0 Å². The van der Waals surface area contributed by atoms with Gasteiger partial charge in [0.1, 0.15) is 12.4 Å². The smallest absolute Gasteiger partial charge is 0.119 e. The third-order valence-corrected chi connectivity index (χ3v) is 15.9. The maximum atomic E-state index is 6.53. The Balaban J connectivity index is 1.05. The van der Waals surface area contributed by atoms with E-state index in [2.05, 4.69) is 252 Å². The number of rotatable bonds is 16. The summed E-state index contributed by atoms with van der Waals surface area (Å²) in [4.78, 5) is 2.48. The first-order chi connectivity index (χ1) is 34.8. The first-order valence-electron chi connectivity index (χ1n) is 26.1. The van der Waals surface area contributed by atoms with Gasteiger partial charge in [0.15, 0.2) is 0 Å². The molecule has 2 aliphatic rings. The van der Waals surface area contributed by atoms with E-state index in [4.69, 9.17) is 4.74 Å². The lowest BCUT2D eigenvalue weighted by Gasteiger charge is -2.35. The predicted molar refractivity (Wildman–Crippen MR) is 299 cm³/mol. The molecule has 0 spiro atoms. The van der Waals surface area contributed by atoms with Crippen molar-refractivity contribution in [2.45, 2.75) is 96.5 Å². The van der Waals surface area contributed by atoms with Crippen molar-refractivity contribution in [3.05, 3.63) is 262 Å². The molecule has 0 N–H and O–H groups in total. The first-order valence-corrected chi connectivity index (χ1v) is 26.1. The van der Waals surface area contributed by atoms with Crippen LogP contribution in [0.1, 0.15) is 123 Å². The summed E-state index contributed by atoms with van der Waals surface area (Å²) in [6, 6.07) is 79.8. The molecule has 2 atom stereocenters. The predicted octanol–water partition coefficient (Wildman–Crippen LogP) is 18.7. The molecule has 0 aromatic heterocycles. The minimum Gasteiger partial charge on any atom is -0.489 e. The van der Waals surface area contributed by atoms with Gasteiger partial charge in [-0.25, -0.2) is 0 Å². The van der Waals surface area contributed by atoms with E-state index in [1.807, 2.05) is 0 Å². The zero-order valence-corrected chi connectivity index (χ0v) is 42.1. The Bertz CT molecular complexity index is 3290. The van der Waals surface area contributed by atoms with Crippen molar-refractivity contribution in [2.24, 2.45) is 0 Å². The van der Waals surface area contributed by atoms with Crippen LogP contribution in [-0.2, 0) is 23.9 Å². The van der Waals surface area contributed by atoms with Gasteiger partial charge in [-0.15, -0.1) is 0 Å². The van der Waals surface area contributed by atoms with E-state index in [0.29, 0.717) is 12.5 Å². The molecule has 9 aromatic carbocycles. The van der Waals surface area contributed by atoms with Gasteiger partial charge < -0.3 is 9.64 Å². The van der Waals surface area contributed by atoms with Gasteiger partial charge in [-0.3, -0.25) is 0 Å². The molecule has 0 bridgehead atoms. The topological polar surface area (TPSA) is 12.5 Å². The Morgan fingerprint density at radius 1 is 0.451 bits per heavy atom. The van der Waals surface area contributed by atoms with Crippen molar-refractivity contribution in [2.75, 3.05) is 4.90 Å². The second-order valence-corrected chi connectivity index (χ2v) is 20.5. The average Bonchev–Trinajstić information content (AvgIpc) is 3.85. The van der Waals surface area contributed by atoms with Crippen molar-refractivity contribution < 1.29 is 4.74 Å². The lowest BCUT2D eigenvalue weighted by Crippen LogP contribution is -2.29. The van der Waals surface area contributed by atoms with E-state index in [-0.39, 0.29) is 5.41 Å². The molecule has 11 rings (SSSR count). The van der Waals surface area contributed by atoms with Crippen LogP contribution in [0.4, 0.5) is 17.1 Å². The Hall–Kier alpha value is -7.42. The Labute approximate surface area is 422 Å². The number of benzene rings is 9. The zero-order valence-electron chi connectivity index (χ0n) is 42.1. The van der Waals surface area contributed by atoms with Gasteiger partial charge in [0, 0.05) is 22.5 Å². The number of unbranched alkanes of at least 4 members (excludes halogenated alkanes) is 3. The highest BCUT2D eigenvalue weighted by atomic mass is 16.5. The third kappa shape index (κ3) is 8.38. The molecule has 2 aliphatic carbocycles. The largest absolute Gasteiger partial charge is 0.489 e. The highest BCUT2D eigenvalue weighted by Gasteiger charge is 2.46. The van der Waals surface area contributed by atoms with E-state index in [1.54, 1.807) is 0 Å². The Morgan fingerprint density at radius 2 is 0.986 bits per heavy atom. The Kier molecular flexibility index (Phi) is 12.6. The van der Waals surface area contributed by atoms with Gasteiger partial charge >= 0.3 is 0 Å². The standard InChI is InChI=1S/C69H65NO/c1-6-8-9-11-18-49-27-33-54(34-28-49)69(55-35-41-59(42-36-55)71-47-50-25-29-51(30-26-50)48(3)7-2)65-24-17-15-22-61(65)63-44-40-58(46-67(63)69)70(56-37-31-53(32-38-56)52-19-12-10-13-20-52)57-39-43-62-60-21-14-16-23-64(60)68(4,5)66(62)45-57/h10,12-17,19-46,48H,6-9,11,18,47H2,1-5H3. The van der Waals surface area contributed by atoms with Crippen molar-refractivity contribution in [1.82, 2.24) is 0 Å². The number of hydrogen-bond donors (Lipinski definition) is 0. The number of fused-ring (bicyclic) bond motifs is 6. The summed E-state index contributed by atoms with van der Waals surface area (Å²) in [7, 11) is 0. The molecule has 9 aromatic rings. The molecular weight excluding hydrogens is 859 g/mol. The van der Waals surface area contributed by atoms with E-state index in [9.17, 15) is 0 Å². The van der Waals surface area contributed by atoms with E-state index in [0.717, 1.165) is 35.7 Å². The normalized spacial score (nSPS) is 15.3. The van der Waals surface area contributed by atoms with E-state index >= 15 is 0 Å². The molecular formula is C69H65NO. The van der Waals surface area contributed by atoms with E-state index < -0.39 is 5.41 Å². The monoisotopic (exact) mass is 924 g/mol. The van der Waals surface area contributed by atoms with Gasteiger partial charge in [0.2, 0.25) is 0 Å². The fourth-order valence-electron chi connectivity index (χ4n) is 11.7. The molecule has 0 radical (unpaired) electrons. The summed E-state index contributed by atoms with van der Waals surface area (Å²) >= 11 is 0. The fourth-order valence-corrected chi connectivity index (χ4v) is 11.7. The lowest BCUT2D eigenvalue weighted by molar-refractivity contribution is 0.306. The Morgan fingerprint density at radius 3 is 1.65 bits per heavy atom. The van der Waals surface area contributed by atoms with Crippen molar-refractivity contribution in [1.29, 1.82) is 0 Å². The quantitative estimate of drug-likeness (QED) is 0.0896. The highest BCUT2D eigenvalue weighted by Crippen LogP contribution is 2.58. The molecule has 2 nitrogen and oxygen atoms in total. The van der Waals surface area contributed by atoms with Crippen molar-refractivity contribution in [3.8, 4) is 39.1 Å². The van der Waals surface area contributed by atoms with Crippen LogP contribution < -0.4 is 9.64 Å². The molecule has 0 fully saturated rings. The van der Waals surface area contributed by atoms with E-state index in [1.165, 1.54) is 109 Å². The van der Waals surface area contributed by atoms with Crippen LogP contribution in [0.3, 0.4) is 0 Å². The second-order valence-electron chi connectivity index (χ2n) is 20.5. The van der Waals surface area contributed by atoms with Crippen molar-refractivity contribution >= 4 is 17.1 Å². The fraction of sp³-hybridized carbons (Fsp3) is 0.217.